The molecule has 7 heteroatoms. The number of benzene rings is 1. The van der Waals surface area contributed by atoms with Gasteiger partial charge in [0.05, 0.1) is 12.1 Å². The van der Waals surface area contributed by atoms with E-state index in [0.29, 0.717) is 11.3 Å². The maximum atomic E-state index is 11.8. The van der Waals surface area contributed by atoms with Gasteiger partial charge in [0.1, 0.15) is 4.88 Å². The van der Waals surface area contributed by atoms with Gasteiger partial charge in [-0.25, -0.2) is 0 Å². The molecule has 1 atom stereocenters. The zero-order valence-electron chi connectivity index (χ0n) is 11.4. The molecule has 0 aliphatic carbocycles. The largest absolute Gasteiger partial charge is 0.481 e. The first-order chi connectivity index (χ1) is 10.1. The molecule has 1 aromatic heterocycles. The van der Waals surface area contributed by atoms with Gasteiger partial charge in [0.15, 0.2) is 0 Å². The van der Waals surface area contributed by atoms with Crippen LogP contribution in [0.2, 0.25) is 0 Å². The van der Waals surface area contributed by atoms with Crippen LogP contribution < -0.4 is 5.32 Å². The average molecular weight is 305 g/mol. The van der Waals surface area contributed by atoms with Gasteiger partial charge < -0.3 is 10.4 Å². The van der Waals surface area contributed by atoms with E-state index in [2.05, 4.69) is 14.9 Å². The number of nitrogens with one attached hydrogen (secondary N) is 1. The Kier molecular flexibility index (Phi) is 4.99. The second kappa shape index (κ2) is 6.94. The van der Waals surface area contributed by atoms with Gasteiger partial charge in [-0.1, -0.05) is 34.3 Å². The van der Waals surface area contributed by atoms with E-state index in [9.17, 15) is 14.7 Å². The number of carbonyl (C=O) groups excluding carboxylic acids is 1. The molecular weight excluding hydrogens is 290 g/mol. The van der Waals surface area contributed by atoms with E-state index in [1.165, 1.54) is 6.20 Å². The maximum Gasteiger partial charge on any atom is 0.308 e. The van der Waals surface area contributed by atoms with E-state index in [-0.39, 0.29) is 12.5 Å². The standard InChI is InChI=1S/C14H15N3O3S/c1-9-3-2-4-10(5-9)6-11(14(19)20)7-15-13(18)12-8-16-17-21-12/h2-5,8,11H,6-7H2,1H3,(H,15,18)(H,19,20). The highest BCUT2D eigenvalue weighted by Gasteiger charge is 2.20. The number of nitrogens with zero attached hydrogens (tertiary/aromatic N) is 2. The summed E-state index contributed by atoms with van der Waals surface area (Å²) in [6.07, 6.45) is 1.73. The van der Waals surface area contributed by atoms with Crippen molar-refractivity contribution in [3.8, 4) is 0 Å². The molecule has 110 valence electrons. The predicted molar refractivity (Wildman–Crippen MR) is 78.3 cm³/mol. The SMILES string of the molecule is Cc1cccc(CC(CNC(=O)c2cnns2)C(=O)O)c1. The second-order valence-corrected chi connectivity index (χ2v) is 5.51. The fourth-order valence-electron chi connectivity index (χ4n) is 1.94. The third-order valence-corrected chi connectivity index (χ3v) is 3.67. The highest BCUT2D eigenvalue weighted by atomic mass is 32.1. The van der Waals surface area contributed by atoms with Gasteiger partial charge in [-0.3, -0.25) is 9.59 Å². The van der Waals surface area contributed by atoms with Crippen molar-refractivity contribution in [3.63, 3.8) is 0 Å². The molecule has 2 aromatic rings. The third-order valence-electron chi connectivity index (χ3n) is 3.01. The molecule has 0 saturated heterocycles. The summed E-state index contributed by atoms with van der Waals surface area (Å²) >= 11 is 0.976. The van der Waals surface area contributed by atoms with Gasteiger partial charge in [0.2, 0.25) is 0 Å². The van der Waals surface area contributed by atoms with Crippen molar-refractivity contribution in [2.24, 2.45) is 5.92 Å². The lowest BCUT2D eigenvalue weighted by Crippen LogP contribution is -2.33. The molecule has 1 aromatic carbocycles. The Morgan fingerprint density at radius 2 is 2.24 bits per heavy atom. The molecule has 0 radical (unpaired) electrons. The molecule has 1 unspecified atom stereocenters. The van der Waals surface area contributed by atoms with Gasteiger partial charge in [-0.2, -0.15) is 0 Å². The summed E-state index contributed by atoms with van der Waals surface area (Å²) in [5.41, 5.74) is 2.02. The minimum atomic E-state index is -0.931. The first-order valence-electron chi connectivity index (χ1n) is 6.40. The Balaban J connectivity index is 1.96. The van der Waals surface area contributed by atoms with Crippen LogP contribution in [0, 0.1) is 12.8 Å². The van der Waals surface area contributed by atoms with E-state index in [4.69, 9.17) is 0 Å². The second-order valence-electron chi connectivity index (χ2n) is 4.72. The van der Waals surface area contributed by atoms with E-state index in [1.54, 1.807) is 0 Å². The number of amides is 1. The number of hydrogen-bond donors (Lipinski definition) is 2. The maximum absolute atomic E-state index is 11.8. The highest BCUT2D eigenvalue weighted by molar-refractivity contribution is 7.07. The molecule has 2 rings (SSSR count). The van der Waals surface area contributed by atoms with Crippen LogP contribution in [0.15, 0.2) is 30.5 Å². The van der Waals surface area contributed by atoms with Crippen molar-refractivity contribution in [1.82, 2.24) is 14.9 Å². The zero-order chi connectivity index (χ0) is 15.2. The van der Waals surface area contributed by atoms with E-state index >= 15 is 0 Å². The van der Waals surface area contributed by atoms with E-state index < -0.39 is 11.9 Å². The van der Waals surface area contributed by atoms with Gasteiger partial charge in [0.25, 0.3) is 5.91 Å². The van der Waals surface area contributed by atoms with Crippen LogP contribution in [-0.4, -0.2) is 33.1 Å². The summed E-state index contributed by atoms with van der Waals surface area (Å²) in [7, 11) is 0. The van der Waals surface area contributed by atoms with Crippen LogP contribution in [0.4, 0.5) is 0 Å². The zero-order valence-corrected chi connectivity index (χ0v) is 12.3. The van der Waals surface area contributed by atoms with Crippen LogP contribution in [0.3, 0.4) is 0 Å². The van der Waals surface area contributed by atoms with Crippen molar-refractivity contribution in [3.05, 3.63) is 46.5 Å². The lowest BCUT2D eigenvalue weighted by atomic mass is 9.98. The molecule has 2 N–H and O–H groups in total. The Labute approximate surface area is 126 Å². The van der Waals surface area contributed by atoms with Crippen LogP contribution in [0.5, 0.6) is 0 Å². The van der Waals surface area contributed by atoms with Crippen LogP contribution in [0.25, 0.3) is 0 Å². The van der Waals surface area contributed by atoms with E-state index in [1.807, 2.05) is 31.2 Å². The topological polar surface area (TPSA) is 92.2 Å². The molecule has 0 aliphatic rings. The minimum Gasteiger partial charge on any atom is -0.481 e. The smallest absolute Gasteiger partial charge is 0.308 e. The first-order valence-corrected chi connectivity index (χ1v) is 7.17. The van der Waals surface area contributed by atoms with Crippen molar-refractivity contribution in [1.29, 1.82) is 0 Å². The molecule has 6 nitrogen and oxygen atoms in total. The van der Waals surface area contributed by atoms with Gasteiger partial charge in [-0.15, -0.1) is 5.10 Å². The van der Waals surface area contributed by atoms with Crippen molar-refractivity contribution >= 4 is 23.4 Å². The van der Waals surface area contributed by atoms with Crippen molar-refractivity contribution in [2.75, 3.05) is 6.54 Å². The third kappa shape index (κ3) is 4.35. The lowest BCUT2D eigenvalue weighted by molar-refractivity contribution is -0.141. The fourth-order valence-corrected chi connectivity index (χ4v) is 2.37. The molecule has 1 amide bonds. The summed E-state index contributed by atoms with van der Waals surface area (Å²) in [6, 6.07) is 7.69. The Bertz CT molecular complexity index is 628. The van der Waals surface area contributed by atoms with Gasteiger partial charge in [0, 0.05) is 6.54 Å². The molecule has 0 spiro atoms. The fraction of sp³-hybridized carbons (Fsp3) is 0.286. The summed E-state index contributed by atoms with van der Waals surface area (Å²) in [5.74, 6) is -1.95. The van der Waals surface area contributed by atoms with Gasteiger partial charge >= 0.3 is 5.97 Å². The van der Waals surface area contributed by atoms with Crippen molar-refractivity contribution in [2.45, 2.75) is 13.3 Å². The van der Waals surface area contributed by atoms with Crippen LogP contribution in [-0.2, 0) is 11.2 Å². The summed E-state index contributed by atoms with van der Waals surface area (Å²) in [4.78, 5) is 23.5. The Morgan fingerprint density at radius 1 is 1.43 bits per heavy atom. The van der Waals surface area contributed by atoms with Crippen LogP contribution >= 0.6 is 11.5 Å². The summed E-state index contributed by atoms with van der Waals surface area (Å²) in [5, 5.41) is 15.5. The lowest BCUT2D eigenvalue weighted by Gasteiger charge is -2.13. The average Bonchev–Trinajstić information content (AvgIpc) is 2.97. The normalized spacial score (nSPS) is 11.9. The number of carboxylic acid groups (broad SMARTS) is 1. The number of aliphatic carboxylic acids is 1. The number of carboxylic acids is 1. The number of carbonyl (C=O) groups is 2. The van der Waals surface area contributed by atoms with Crippen LogP contribution in [0.1, 0.15) is 20.8 Å². The minimum absolute atomic E-state index is 0.0695. The quantitative estimate of drug-likeness (QED) is 0.844. The monoisotopic (exact) mass is 305 g/mol. The first kappa shape index (κ1) is 15.1. The number of aryl methyl sites for hydroxylation is 1. The summed E-state index contributed by atoms with van der Waals surface area (Å²) in [6.45, 7) is 2.03. The molecular formula is C14H15N3O3S. The number of hydrogen-bond acceptors (Lipinski definition) is 5. The van der Waals surface area contributed by atoms with Gasteiger partial charge in [-0.05, 0) is 30.4 Å². The van der Waals surface area contributed by atoms with Crippen molar-refractivity contribution < 1.29 is 14.7 Å². The summed E-state index contributed by atoms with van der Waals surface area (Å²) < 4.78 is 3.60. The Morgan fingerprint density at radius 3 is 2.86 bits per heavy atom. The number of rotatable bonds is 6. The molecule has 0 bridgehead atoms. The Hall–Kier alpha value is -2.28. The molecule has 1 heterocycles. The highest BCUT2D eigenvalue weighted by Crippen LogP contribution is 2.11. The van der Waals surface area contributed by atoms with E-state index in [0.717, 1.165) is 22.7 Å². The molecule has 21 heavy (non-hydrogen) atoms. The molecule has 0 aliphatic heterocycles. The number of aromatic nitrogens is 2. The predicted octanol–water partition coefficient (Wildman–Crippen LogP) is 1.52. The molecule has 0 saturated carbocycles. The molecule has 0 fully saturated rings.